The van der Waals surface area contributed by atoms with Crippen molar-refractivity contribution in [2.45, 2.75) is 46.5 Å². The fourth-order valence-corrected chi connectivity index (χ4v) is 3.81. The van der Waals surface area contributed by atoms with Crippen molar-refractivity contribution in [3.8, 4) is 0 Å². The Bertz CT molecular complexity index is 867. The number of hydrogen-bond donors (Lipinski definition) is 0. The lowest BCUT2D eigenvalue weighted by molar-refractivity contribution is 0.631. The maximum Gasteiger partial charge on any atom is 0.0744 e. The highest BCUT2D eigenvalue weighted by atomic mass is 14.8. The summed E-state index contributed by atoms with van der Waals surface area (Å²) in [6.45, 7) is 15.2. The molecule has 0 saturated heterocycles. The van der Waals surface area contributed by atoms with E-state index in [1.165, 1.54) is 33.0 Å². The summed E-state index contributed by atoms with van der Waals surface area (Å²) in [5.41, 5.74) is 6.77. The molecule has 0 atom stereocenters. The molecule has 1 heterocycles. The fourth-order valence-electron chi connectivity index (χ4n) is 3.81. The highest BCUT2D eigenvalue weighted by Crippen LogP contribution is 2.48. The van der Waals surface area contributed by atoms with Crippen molar-refractivity contribution in [1.82, 2.24) is 4.98 Å². The van der Waals surface area contributed by atoms with Gasteiger partial charge in [-0.3, -0.25) is 9.98 Å². The molecule has 1 aliphatic carbocycles. The summed E-state index contributed by atoms with van der Waals surface area (Å²) in [4.78, 5) is 9.24. The van der Waals surface area contributed by atoms with Crippen molar-refractivity contribution in [3.05, 3.63) is 59.1 Å². The first-order chi connectivity index (χ1) is 10.9. The van der Waals surface area contributed by atoms with E-state index in [2.05, 4.69) is 69.4 Å². The molecule has 1 aromatic heterocycles. The molecule has 0 spiro atoms. The van der Waals surface area contributed by atoms with Crippen LogP contribution in [0.25, 0.3) is 16.3 Å². The summed E-state index contributed by atoms with van der Waals surface area (Å²) < 4.78 is 0. The van der Waals surface area contributed by atoms with E-state index in [9.17, 15) is 0 Å². The Labute approximate surface area is 138 Å². The Morgan fingerprint density at radius 2 is 2.04 bits per heavy atom. The number of aliphatic imine (C=N–C) groups is 1. The van der Waals surface area contributed by atoms with Crippen LogP contribution in [0.1, 0.15) is 50.9 Å². The molecule has 0 aliphatic heterocycles. The van der Waals surface area contributed by atoms with Crippen LogP contribution in [-0.2, 0) is 5.41 Å². The summed E-state index contributed by atoms with van der Waals surface area (Å²) in [6.07, 6.45) is 4.74. The second-order valence-electron chi connectivity index (χ2n) is 6.86. The largest absolute Gasteiger partial charge is 0.262 e. The van der Waals surface area contributed by atoms with Crippen LogP contribution in [0.5, 0.6) is 0 Å². The first kappa shape index (κ1) is 15.7. The maximum absolute atomic E-state index is 4.68. The monoisotopic (exact) mass is 304 g/mol. The van der Waals surface area contributed by atoms with Gasteiger partial charge in [0, 0.05) is 23.2 Å². The third-order valence-corrected chi connectivity index (χ3v) is 4.75. The number of rotatable bonds is 3. The quantitative estimate of drug-likeness (QED) is 0.677. The molecule has 0 amide bonds. The van der Waals surface area contributed by atoms with Crippen LogP contribution in [0.4, 0.5) is 0 Å². The fraction of sp³-hybridized carbons (Fsp3) is 0.333. The van der Waals surface area contributed by atoms with Gasteiger partial charge < -0.3 is 0 Å². The minimum Gasteiger partial charge on any atom is -0.262 e. The predicted octanol–water partition coefficient (Wildman–Crippen LogP) is 5.60. The van der Waals surface area contributed by atoms with Gasteiger partial charge in [0.25, 0.3) is 0 Å². The molecular weight excluding hydrogens is 280 g/mol. The Morgan fingerprint density at radius 1 is 1.30 bits per heavy atom. The molecule has 0 saturated carbocycles. The molecule has 23 heavy (non-hydrogen) atoms. The molecule has 0 N–H and O–H groups in total. The minimum absolute atomic E-state index is 0.132. The first-order valence-corrected chi connectivity index (χ1v) is 8.21. The van der Waals surface area contributed by atoms with Gasteiger partial charge in [-0.05, 0) is 48.4 Å². The molecule has 1 aliphatic rings. The molecule has 0 bridgehead atoms. The van der Waals surface area contributed by atoms with Gasteiger partial charge in [-0.25, -0.2) is 0 Å². The maximum atomic E-state index is 4.68. The number of aromatic nitrogens is 1. The van der Waals surface area contributed by atoms with E-state index < -0.39 is 0 Å². The second kappa shape index (κ2) is 5.45. The zero-order valence-corrected chi connectivity index (χ0v) is 14.7. The van der Waals surface area contributed by atoms with E-state index in [-0.39, 0.29) is 5.41 Å². The standard InChI is InChI=1S/C21H24N2/c1-7-9-22-15(4)19-14(3)20-18-16(8-10-23-20)11-13(2)12-17(18)21(19,5)6/h8-12H,4,7H2,1-3,5-6H3. The third kappa shape index (κ3) is 2.33. The lowest BCUT2D eigenvalue weighted by Crippen LogP contribution is -2.26. The summed E-state index contributed by atoms with van der Waals surface area (Å²) in [5, 5.41) is 2.54. The highest BCUT2D eigenvalue weighted by Gasteiger charge is 2.36. The predicted molar refractivity (Wildman–Crippen MR) is 100 cm³/mol. The molecule has 2 heteroatoms. The molecule has 1 aromatic carbocycles. The molecular formula is C21H24N2. The van der Waals surface area contributed by atoms with Crippen molar-refractivity contribution in [1.29, 1.82) is 0 Å². The number of pyridine rings is 1. The second-order valence-corrected chi connectivity index (χ2v) is 6.86. The van der Waals surface area contributed by atoms with Crippen LogP contribution in [-0.4, -0.2) is 11.2 Å². The molecule has 2 nitrogen and oxygen atoms in total. The van der Waals surface area contributed by atoms with Crippen LogP contribution in [0, 0.1) is 6.92 Å². The van der Waals surface area contributed by atoms with Crippen molar-refractivity contribution in [2.24, 2.45) is 4.99 Å². The van der Waals surface area contributed by atoms with Gasteiger partial charge >= 0.3 is 0 Å². The number of aryl methyl sites for hydroxylation is 1. The Hall–Kier alpha value is -2.22. The Balaban J connectivity index is 2.37. The molecule has 0 unspecified atom stereocenters. The van der Waals surface area contributed by atoms with E-state index in [1.54, 1.807) is 0 Å². The van der Waals surface area contributed by atoms with E-state index in [4.69, 9.17) is 0 Å². The molecule has 0 radical (unpaired) electrons. The van der Waals surface area contributed by atoms with Crippen LogP contribution in [0.15, 0.2) is 47.2 Å². The average Bonchev–Trinajstić information content (AvgIpc) is 2.50. The van der Waals surface area contributed by atoms with Crippen molar-refractivity contribution >= 4 is 22.6 Å². The van der Waals surface area contributed by atoms with Gasteiger partial charge in [0.1, 0.15) is 0 Å². The lowest BCUT2D eigenvalue weighted by Gasteiger charge is -2.36. The Morgan fingerprint density at radius 3 is 2.74 bits per heavy atom. The van der Waals surface area contributed by atoms with Crippen LogP contribution in [0.2, 0.25) is 0 Å². The number of benzene rings is 1. The van der Waals surface area contributed by atoms with Crippen LogP contribution in [0.3, 0.4) is 0 Å². The lowest BCUT2D eigenvalue weighted by atomic mass is 9.68. The highest BCUT2D eigenvalue weighted by molar-refractivity contribution is 6.00. The number of allylic oxidation sites excluding steroid dienone is 2. The van der Waals surface area contributed by atoms with Gasteiger partial charge in [0.15, 0.2) is 0 Å². The van der Waals surface area contributed by atoms with E-state index in [0.717, 1.165) is 17.8 Å². The van der Waals surface area contributed by atoms with Gasteiger partial charge in [-0.2, -0.15) is 0 Å². The first-order valence-electron chi connectivity index (χ1n) is 8.21. The third-order valence-electron chi connectivity index (χ3n) is 4.75. The topological polar surface area (TPSA) is 25.2 Å². The van der Waals surface area contributed by atoms with E-state index >= 15 is 0 Å². The summed E-state index contributed by atoms with van der Waals surface area (Å²) in [5.74, 6) is 0. The van der Waals surface area contributed by atoms with Gasteiger partial charge in [0.2, 0.25) is 0 Å². The van der Waals surface area contributed by atoms with E-state index in [0.29, 0.717) is 0 Å². The number of hydrogen-bond acceptors (Lipinski definition) is 2. The zero-order chi connectivity index (χ0) is 16.8. The van der Waals surface area contributed by atoms with E-state index in [1.807, 2.05) is 12.4 Å². The molecule has 118 valence electrons. The number of nitrogens with zero attached hydrogens (tertiary/aromatic N) is 2. The smallest absolute Gasteiger partial charge is 0.0744 e. The minimum atomic E-state index is -0.132. The summed E-state index contributed by atoms with van der Waals surface area (Å²) in [7, 11) is 0. The molecule has 2 aromatic rings. The zero-order valence-electron chi connectivity index (χ0n) is 14.7. The Kier molecular flexibility index (Phi) is 3.71. The SMILES string of the molecule is C=C(N=CCC)C1=C(C)c2nccc3cc(C)cc(c23)C1(C)C. The van der Waals surface area contributed by atoms with Crippen LogP contribution < -0.4 is 0 Å². The van der Waals surface area contributed by atoms with Gasteiger partial charge in [-0.1, -0.05) is 45.0 Å². The molecule has 3 rings (SSSR count). The van der Waals surface area contributed by atoms with Crippen molar-refractivity contribution < 1.29 is 0 Å². The van der Waals surface area contributed by atoms with Crippen molar-refractivity contribution in [2.75, 3.05) is 0 Å². The normalized spacial score (nSPS) is 16.4. The van der Waals surface area contributed by atoms with Gasteiger partial charge in [-0.15, -0.1) is 0 Å². The average molecular weight is 304 g/mol. The summed E-state index contributed by atoms with van der Waals surface area (Å²) >= 11 is 0. The van der Waals surface area contributed by atoms with Crippen molar-refractivity contribution in [3.63, 3.8) is 0 Å². The van der Waals surface area contributed by atoms with Crippen LogP contribution >= 0.6 is 0 Å². The molecule has 0 fully saturated rings. The van der Waals surface area contributed by atoms with Gasteiger partial charge in [0.05, 0.1) is 11.4 Å². The summed E-state index contributed by atoms with van der Waals surface area (Å²) in [6, 6.07) is 6.63.